The molecule has 0 saturated carbocycles. The molecular formula is C6H7N3O2. The first-order valence-electron chi connectivity index (χ1n) is 3.00. The van der Waals surface area contributed by atoms with Gasteiger partial charge in [-0.2, -0.15) is 5.10 Å². The Hall–Kier alpha value is -1.65. The average Bonchev–Trinajstić information content (AvgIpc) is 2.31. The second kappa shape index (κ2) is 2.96. The van der Waals surface area contributed by atoms with Crippen LogP contribution in [-0.4, -0.2) is 14.7 Å². The third-order valence-corrected chi connectivity index (χ3v) is 1.10. The molecule has 0 amide bonds. The van der Waals surface area contributed by atoms with Crippen LogP contribution in [0.4, 0.5) is 0 Å². The third kappa shape index (κ3) is 2.21. The van der Waals surface area contributed by atoms with E-state index in [1.165, 1.54) is 6.08 Å². The summed E-state index contributed by atoms with van der Waals surface area (Å²) in [5.74, 6) is 0. The molecule has 1 heterocycles. The fraction of sp³-hybridized carbons (Fsp3) is 0.167. The summed E-state index contributed by atoms with van der Waals surface area (Å²) in [6.45, 7) is 0. The SMILES string of the molecule is Cn1ccc(/C=C/[N+](=O)[O-])n1. The highest BCUT2D eigenvalue weighted by Crippen LogP contribution is 1.96. The molecule has 11 heavy (non-hydrogen) atoms. The Bertz CT molecular complexity index is 290. The quantitative estimate of drug-likeness (QED) is 0.463. The zero-order chi connectivity index (χ0) is 8.27. The Morgan fingerprint density at radius 2 is 2.55 bits per heavy atom. The normalized spacial score (nSPS) is 10.6. The largest absolute Gasteiger partial charge is 0.275 e. The van der Waals surface area contributed by atoms with Crippen molar-refractivity contribution in [3.8, 4) is 0 Å². The Labute approximate surface area is 63.1 Å². The third-order valence-electron chi connectivity index (χ3n) is 1.10. The van der Waals surface area contributed by atoms with Gasteiger partial charge in [-0.05, 0) is 6.07 Å². The molecule has 0 bridgehead atoms. The first-order valence-corrected chi connectivity index (χ1v) is 3.00. The van der Waals surface area contributed by atoms with Gasteiger partial charge in [0.1, 0.15) is 0 Å². The van der Waals surface area contributed by atoms with Crippen molar-refractivity contribution in [1.29, 1.82) is 0 Å². The Morgan fingerprint density at radius 3 is 3.00 bits per heavy atom. The van der Waals surface area contributed by atoms with Gasteiger partial charge in [0.05, 0.1) is 10.6 Å². The summed E-state index contributed by atoms with van der Waals surface area (Å²) >= 11 is 0. The average molecular weight is 153 g/mol. The minimum absolute atomic E-state index is 0.519. The van der Waals surface area contributed by atoms with Crippen molar-refractivity contribution in [2.75, 3.05) is 0 Å². The molecule has 0 aliphatic rings. The van der Waals surface area contributed by atoms with E-state index < -0.39 is 4.92 Å². The van der Waals surface area contributed by atoms with E-state index in [1.54, 1.807) is 24.0 Å². The maximum atomic E-state index is 9.86. The number of nitrogens with zero attached hydrogens (tertiary/aromatic N) is 3. The van der Waals surface area contributed by atoms with Gasteiger partial charge in [-0.1, -0.05) is 0 Å². The molecule has 58 valence electrons. The van der Waals surface area contributed by atoms with Crippen molar-refractivity contribution in [2.45, 2.75) is 0 Å². The van der Waals surface area contributed by atoms with Crippen molar-refractivity contribution < 1.29 is 4.92 Å². The molecule has 0 N–H and O–H groups in total. The van der Waals surface area contributed by atoms with Gasteiger partial charge in [0.15, 0.2) is 0 Å². The lowest BCUT2D eigenvalue weighted by molar-refractivity contribution is -0.401. The fourth-order valence-corrected chi connectivity index (χ4v) is 0.659. The van der Waals surface area contributed by atoms with Gasteiger partial charge in [-0.3, -0.25) is 14.8 Å². The van der Waals surface area contributed by atoms with Crippen LogP contribution in [0.25, 0.3) is 6.08 Å². The standard InChI is InChI=1S/C6H7N3O2/c1-8-4-2-6(7-8)3-5-9(10)11/h2-5H,1H3/b5-3+. The molecule has 1 aromatic heterocycles. The molecule has 5 heteroatoms. The summed E-state index contributed by atoms with van der Waals surface area (Å²) in [6, 6.07) is 1.69. The highest BCUT2D eigenvalue weighted by Gasteiger charge is 1.92. The molecular weight excluding hydrogens is 146 g/mol. The summed E-state index contributed by atoms with van der Waals surface area (Å²) in [6.07, 6.45) is 3.93. The van der Waals surface area contributed by atoms with Crippen LogP contribution in [0, 0.1) is 10.1 Å². The topological polar surface area (TPSA) is 61.0 Å². The monoisotopic (exact) mass is 153 g/mol. The van der Waals surface area contributed by atoms with Gasteiger partial charge < -0.3 is 0 Å². The first-order chi connectivity index (χ1) is 5.18. The number of aryl methyl sites for hydroxylation is 1. The molecule has 0 aliphatic carbocycles. The number of hydrogen-bond donors (Lipinski definition) is 0. The van der Waals surface area contributed by atoms with Crippen LogP contribution in [0.5, 0.6) is 0 Å². The molecule has 0 saturated heterocycles. The van der Waals surface area contributed by atoms with Crippen molar-refractivity contribution in [3.63, 3.8) is 0 Å². The molecule has 0 fully saturated rings. The van der Waals surface area contributed by atoms with E-state index in [1.807, 2.05) is 0 Å². The van der Waals surface area contributed by atoms with Crippen LogP contribution in [0.3, 0.4) is 0 Å². The Kier molecular flexibility index (Phi) is 2.00. The number of aromatic nitrogens is 2. The smallest absolute Gasteiger partial charge is 0.236 e. The zero-order valence-electron chi connectivity index (χ0n) is 5.97. The minimum Gasteiger partial charge on any atom is -0.275 e. The van der Waals surface area contributed by atoms with Gasteiger partial charge in [0, 0.05) is 19.3 Å². The second-order valence-electron chi connectivity index (χ2n) is 2.02. The summed E-state index contributed by atoms with van der Waals surface area (Å²) in [4.78, 5) is 9.34. The fourth-order valence-electron chi connectivity index (χ4n) is 0.659. The number of rotatable bonds is 2. The van der Waals surface area contributed by atoms with Crippen LogP contribution in [0.15, 0.2) is 18.5 Å². The Balaban J connectivity index is 2.71. The lowest BCUT2D eigenvalue weighted by atomic mass is 10.4. The molecule has 0 radical (unpaired) electrons. The maximum Gasteiger partial charge on any atom is 0.236 e. The summed E-state index contributed by atoms with van der Waals surface area (Å²) in [5.41, 5.74) is 0.587. The van der Waals surface area contributed by atoms with Crippen LogP contribution >= 0.6 is 0 Å². The summed E-state index contributed by atoms with van der Waals surface area (Å²) < 4.78 is 1.58. The van der Waals surface area contributed by atoms with E-state index in [0.717, 1.165) is 6.20 Å². The number of hydrogen-bond acceptors (Lipinski definition) is 3. The molecule has 0 atom stereocenters. The van der Waals surface area contributed by atoms with Gasteiger partial charge in [0.25, 0.3) is 0 Å². The molecule has 1 aromatic rings. The van der Waals surface area contributed by atoms with Gasteiger partial charge in [-0.15, -0.1) is 0 Å². The molecule has 0 spiro atoms. The number of nitro groups is 1. The molecule has 5 nitrogen and oxygen atoms in total. The highest BCUT2D eigenvalue weighted by molar-refractivity contribution is 5.41. The lowest BCUT2D eigenvalue weighted by Gasteiger charge is -1.82. The van der Waals surface area contributed by atoms with Crippen LogP contribution < -0.4 is 0 Å². The van der Waals surface area contributed by atoms with Crippen LogP contribution in [0.1, 0.15) is 5.69 Å². The lowest BCUT2D eigenvalue weighted by Crippen LogP contribution is -1.87. The van der Waals surface area contributed by atoms with Crippen molar-refractivity contribution in [3.05, 3.63) is 34.3 Å². The molecule has 0 aromatic carbocycles. The minimum atomic E-state index is -0.519. The van der Waals surface area contributed by atoms with Crippen LogP contribution in [0.2, 0.25) is 0 Å². The van der Waals surface area contributed by atoms with E-state index in [-0.39, 0.29) is 0 Å². The zero-order valence-corrected chi connectivity index (χ0v) is 5.97. The van der Waals surface area contributed by atoms with E-state index in [2.05, 4.69) is 5.10 Å². The van der Waals surface area contributed by atoms with Crippen molar-refractivity contribution in [1.82, 2.24) is 9.78 Å². The first kappa shape index (κ1) is 7.46. The van der Waals surface area contributed by atoms with Gasteiger partial charge >= 0.3 is 0 Å². The summed E-state index contributed by atoms with van der Waals surface area (Å²) in [7, 11) is 1.75. The molecule has 1 rings (SSSR count). The van der Waals surface area contributed by atoms with Crippen LogP contribution in [-0.2, 0) is 7.05 Å². The van der Waals surface area contributed by atoms with Crippen molar-refractivity contribution in [2.24, 2.45) is 7.05 Å². The van der Waals surface area contributed by atoms with E-state index in [4.69, 9.17) is 0 Å². The van der Waals surface area contributed by atoms with Crippen molar-refractivity contribution >= 4 is 6.08 Å². The van der Waals surface area contributed by atoms with E-state index in [0.29, 0.717) is 5.69 Å². The van der Waals surface area contributed by atoms with E-state index in [9.17, 15) is 10.1 Å². The highest BCUT2D eigenvalue weighted by atomic mass is 16.6. The maximum absolute atomic E-state index is 9.86. The molecule has 0 unspecified atom stereocenters. The Morgan fingerprint density at radius 1 is 1.82 bits per heavy atom. The van der Waals surface area contributed by atoms with Gasteiger partial charge in [-0.25, -0.2) is 0 Å². The predicted molar refractivity (Wildman–Crippen MR) is 39.2 cm³/mol. The van der Waals surface area contributed by atoms with E-state index >= 15 is 0 Å². The molecule has 0 aliphatic heterocycles. The predicted octanol–water partition coefficient (Wildman–Crippen LogP) is 0.667. The summed E-state index contributed by atoms with van der Waals surface area (Å²) in [5, 5.41) is 13.8. The second-order valence-corrected chi connectivity index (χ2v) is 2.02. The van der Waals surface area contributed by atoms with Gasteiger partial charge in [0.2, 0.25) is 6.20 Å².